The number of allylic oxidation sites excluding steroid dienone is 1. The zero-order valence-electron chi connectivity index (χ0n) is 24.9. The van der Waals surface area contributed by atoms with E-state index < -0.39 is 17.4 Å². The Bertz CT molecular complexity index is 1200. The van der Waals surface area contributed by atoms with E-state index >= 15 is 0 Å². The molecule has 1 aromatic rings. The number of fused-ring (bicyclic) bond motifs is 5. The Morgan fingerprint density at radius 3 is 2.26 bits per heavy atom. The minimum Gasteiger partial charge on any atom is -0.466 e. The first-order valence-electron chi connectivity index (χ1n) is 14.7. The predicted molar refractivity (Wildman–Crippen MR) is 152 cm³/mol. The van der Waals surface area contributed by atoms with E-state index in [1.165, 1.54) is 45.5 Å². The summed E-state index contributed by atoms with van der Waals surface area (Å²) in [5.41, 5.74) is 2.77. The van der Waals surface area contributed by atoms with Crippen LogP contribution in [-0.4, -0.2) is 32.3 Å². The van der Waals surface area contributed by atoms with Gasteiger partial charge < -0.3 is 14.2 Å². The number of benzene rings is 1. The van der Waals surface area contributed by atoms with Gasteiger partial charge in [0.2, 0.25) is 0 Å². The van der Waals surface area contributed by atoms with Crippen LogP contribution in [0.15, 0.2) is 53.1 Å². The van der Waals surface area contributed by atoms with Gasteiger partial charge in [-0.1, -0.05) is 76.1 Å². The third-order valence-corrected chi connectivity index (χ3v) is 11.5. The summed E-state index contributed by atoms with van der Waals surface area (Å²) in [4.78, 5) is 26.6. The topological polar surface area (TPSA) is 61.8 Å². The van der Waals surface area contributed by atoms with Gasteiger partial charge in [0, 0.05) is 5.41 Å². The van der Waals surface area contributed by atoms with Crippen molar-refractivity contribution in [1.82, 2.24) is 0 Å². The number of hydrogen-bond donors (Lipinski definition) is 0. The van der Waals surface area contributed by atoms with Crippen molar-refractivity contribution in [1.29, 1.82) is 0 Å². The average Bonchev–Trinajstić information content (AvgIpc) is 2.90. The summed E-state index contributed by atoms with van der Waals surface area (Å²) < 4.78 is 17.4. The molecule has 5 nitrogen and oxygen atoms in total. The van der Waals surface area contributed by atoms with E-state index in [0.29, 0.717) is 41.4 Å². The second-order valence-corrected chi connectivity index (χ2v) is 13.8. The lowest BCUT2D eigenvalue weighted by molar-refractivity contribution is -0.172. The SMILES string of the molecule is COC(=O)C1=C(C(=O)OC)[C@@]2(C)C(=CC1)[C@]1(C)CCC3C(C)(C)CCC[C@]3(C)[C@H]1C[C@H]2OCc1ccccc1. The van der Waals surface area contributed by atoms with Crippen molar-refractivity contribution >= 4 is 11.9 Å². The molecule has 0 radical (unpaired) electrons. The van der Waals surface area contributed by atoms with Crippen molar-refractivity contribution in [2.75, 3.05) is 14.2 Å². The monoisotopic (exact) mass is 534 g/mol. The van der Waals surface area contributed by atoms with Gasteiger partial charge in [-0.05, 0) is 79.1 Å². The van der Waals surface area contributed by atoms with Crippen molar-refractivity contribution in [2.24, 2.45) is 33.5 Å². The van der Waals surface area contributed by atoms with Crippen molar-refractivity contribution < 1.29 is 23.8 Å². The molecule has 1 unspecified atom stereocenters. The highest BCUT2D eigenvalue weighted by atomic mass is 16.5. The fourth-order valence-corrected chi connectivity index (χ4v) is 9.83. The molecule has 3 saturated carbocycles. The Hall–Kier alpha value is -2.40. The Balaban J connectivity index is 1.66. The molecule has 1 aromatic carbocycles. The highest BCUT2D eigenvalue weighted by molar-refractivity contribution is 6.02. The van der Waals surface area contributed by atoms with Crippen LogP contribution in [0.25, 0.3) is 0 Å². The van der Waals surface area contributed by atoms with E-state index in [4.69, 9.17) is 14.2 Å². The van der Waals surface area contributed by atoms with Crippen molar-refractivity contribution in [3.8, 4) is 0 Å². The normalized spacial score (nSPS) is 37.1. The number of rotatable bonds is 5. The number of carbonyl (C=O) groups is 2. The van der Waals surface area contributed by atoms with Crippen LogP contribution in [0, 0.1) is 33.5 Å². The molecule has 3 fully saturated rings. The van der Waals surface area contributed by atoms with Gasteiger partial charge in [-0.2, -0.15) is 0 Å². The first-order chi connectivity index (χ1) is 18.4. The van der Waals surface area contributed by atoms with E-state index in [1.807, 2.05) is 18.2 Å². The molecule has 6 atom stereocenters. The van der Waals surface area contributed by atoms with Crippen molar-refractivity contribution in [2.45, 2.75) is 92.3 Å². The molecule has 0 bridgehead atoms. The van der Waals surface area contributed by atoms with Crippen LogP contribution >= 0.6 is 0 Å². The fraction of sp³-hybridized carbons (Fsp3) is 0.647. The van der Waals surface area contributed by atoms with Gasteiger partial charge >= 0.3 is 11.9 Å². The van der Waals surface area contributed by atoms with Crippen LogP contribution in [0.1, 0.15) is 85.1 Å². The smallest absolute Gasteiger partial charge is 0.335 e. The highest BCUT2D eigenvalue weighted by Crippen LogP contribution is 2.72. The van der Waals surface area contributed by atoms with Crippen molar-refractivity contribution in [3.63, 3.8) is 0 Å². The molecule has 39 heavy (non-hydrogen) atoms. The quantitative estimate of drug-likeness (QED) is 0.295. The van der Waals surface area contributed by atoms with Gasteiger partial charge in [-0.15, -0.1) is 0 Å². The molecule has 0 spiro atoms. The summed E-state index contributed by atoms with van der Waals surface area (Å²) >= 11 is 0. The molecule has 5 heteroatoms. The number of methoxy groups -OCH3 is 2. The standard InChI is InChI=1S/C34H46O5/c1-31(2)17-11-18-32(3)24(31)16-19-33(4)25-15-14-23(29(35)37-6)28(30(36)38-7)34(25,5)27(20-26(32)33)39-21-22-12-9-8-10-13-22/h8-10,12-13,15,24,26-27H,11,14,16-21H2,1-7H3/t24?,26-,27-,32+,33+,34+/m1/s1. The molecular weight excluding hydrogens is 488 g/mol. The zero-order chi connectivity index (χ0) is 28.2. The van der Waals surface area contributed by atoms with Crippen LogP contribution in [0.3, 0.4) is 0 Å². The Morgan fingerprint density at radius 2 is 1.59 bits per heavy atom. The summed E-state index contributed by atoms with van der Waals surface area (Å²) in [5, 5.41) is 0. The largest absolute Gasteiger partial charge is 0.466 e. The van der Waals surface area contributed by atoms with E-state index in [1.54, 1.807) is 0 Å². The third kappa shape index (κ3) is 4.22. The van der Waals surface area contributed by atoms with E-state index in [-0.39, 0.29) is 16.9 Å². The lowest BCUT2D eigenvalue weighted by atomic mass is 9.37. The van der Waals surface area contributed by atoms with Gasteiger partial charge in [0.05, 0.1) is 38.1 Å². The lowest BCUT2D eigenvalue weighted by Gasteiger charge is -2.68. The molecule has 4 aliphatic rings. The van der Waals surface area contributed by atoms with E-state index in [0.717, 1.165) is 18.4 Å². The first-order valence-corrected chi connectivity index (χ1v) is 14.7. The average molecular weight is 535 g/mol. The van der Waals surface area contributed by atoms with Gasteiger partial charge in [0.25, 0.3) is 0 Å². The maximum atomic E-state index is 13.5. The second kappa shape index (κ2) is 9.90. The zero-order valence-corrected chi connectivity index (χ0v) is 24.9. The van der Waals surface area contributed by atoms with E-state index in [9.17, 15) is 9.59 Å². The van der Waals surface area contributed by atoms with Crippen LogP contribution in [-0.2, 0) is 30.4 Å². The summed E-state index contributed by atoms with van der Waals surface area (Å²) in [6.07, 6.45) is 9.19. The molecule has 5 rings (SSSR count). The minimum absolute atomic E-state index is 0.0963. The summed E-state index contributed by atoms with van der Waals surface area (Å²) in [6, 6.07) is 10.2. The van der Waals surface area contributed by atoms with Gasteiger partial charge in [0.15, 0.2) is 0 Å². The predicted octanol–water partition coefficient (Wildman–Crippen LogP) is 7.20. The molecule has 4 aliphatic carbocycles. The highest BCUT2D eigenvalue weighted by Gasteiger charge is 2.66. The fourth-order valence-electron chi connectivity index (χ4n) is 9.83. The van der Waals surface area contributed by atoms with Crippen LogP contribution < -0.4 is 0 Å². The Morgan fingerprint density at radius 1 is 0.897 bits per heavy atom. The van der Waals surface area contributed by atoms with Gasteiger partial charge in [0.1, 0.15) is 0 Å². The molecule has 212 valence electrons. The molecule has 0 N–H and O–H groups in total. The summed E-state index contributed by atoms with van der Waals surface area (Å²) in [6.45, 7) is 12.5. The number of esters is 2. The van der Waals surface area contributed by atoms with Crippen LogP contribution in [0.5, 0.6) is 0 Å². The van der Waals surface area contributed by atoms with E-state index in [2.05, 4.69) is 52.8 Å². The maximum Gasteiger partial charge on any atom is 0.335 e. The van der Waals surface area contributed by atoms with Gasteiger partial charge in [-0.25, -0.2) is 9.59 Å². The van der Waals surface area contributed by atoms with Gasteiger partial charge in [-0.3, -0.25) is 0 Å². The lowest BCUT2D eigenvalue weighted by Crippen LogP contribution is -2.63. The van der Waals surface area contributed by atoms with Crippen LogP contribution in [0.2, 0.25) is 0 Å². The number of ether oxygens (including phenoxy) is 3. The molecular formula is C34H46O5. The Kier molecular flexibility index (Phi) is 7.15. The van der Waals surface area contributed by atoms with Crippen molar-refractivity contribution in [3.05, 3.63) is 58.7 Å². The maximum absolute atomic E-state index is 13.5. The molecule has 0 heterocycles. The summed E-state index contributed by atoms with van der Waals surface area (Å²) in [5.74, 6) is 0.145. The second-order valence-electron chi connectivity index (χ2n) is 13.8. The number of carbonyl (C=O) groups excluding carboxylic acids is 2. The first kappa shape index (κ1) is 28.1. The van der Waals surface area contributed by atoms with Crippen LogP contribution in [0.4, 0.5) is 0 Å². The molecule has 0 amide bonds. The molecule has 0 saturated heterocycles. The molecule has 0 aliphatic heterocycles. The Labute approximate surface area is 234 Å². The summed E-state index contributed by atoms with van der Waals surface area (Å²) in [7, 11) is 2.77. The minimum atomic E-state index is -0.789. The number of hydrogen-bond acceptors (Lipinski definition) is 5. The third-order valence-electron chi connectivity index (χ3n) is 11.5. The molecule has 0 aromatic heterocycles.